The molecule has 31 heavy (non-hydrogen) atoms. The summed E-state index contributed by atoms with van der Waals surface area (Å²) in [7, 11) is 1.56. The van der Waals surface area contributed by atoms with Gasteiger partial charge in [0, 0.05) is 19.6 Å². The number of ether oxygens (including phenoxy) is 2. The largest absolute Gasteiger partial charge is 0.493 e. The molecule has 8 heteroatoms. The molecule has 3 N–H and O–H groups in total. The molecule has 0 radical (unpaired) electrons. The van der Waals surface area contributed by atoms with Crippen LogP contribution in [0.1, 0.15) is 25.0 Å². The summed E-state index contributed by atoms with van der Waals surface area (Å²) in [5.74, 6) is 1.33. The fourth-order valence-electron chi connectivity index (χ4n) is 2.81. The number of carbonyl (C=O) groups is 1. The summed E-state index contributed by atoms with van der Waals surface area (Å²) in [6, 6.07) is 12.0. The molecule has 0 saturated heterocycles. The SMILES string of the molecule is CCNC(=O)COc1ccc(CN=C(NCC)NCCc2ccc(F)cc2)cc1OC. The van der Waals surface area contributed by atoms with E-state index < -0.39 is 0 Å². The molecule has 168 valence electrons. The van der Waals surface area contributed by atoms with Gasteiger partial charge in [-0.2, -0.15) is 0 Å². The number of nitrogens with one attached hydrogen (secondary N) is 3. The van der Waals surface area contributed by atoms with Crippen molar-refractivity contribution in [2.45, 2.75) is 26.8 Å². The van der Waals surface area contributed by atoms with Gasteiger partial charge in [0.05, 0.1) is 13.7 Å². The highest BCUT2D eigenvalue weighted by Crippen LogP contribution is 2.28. The van der Waals surface area contributed by atoms with Crippen LogP contribution in [0.15, 0.2) is 47.5 Å². The third kappa shape index (κ3) is 8.54. The Labute approximate surface area is 183 Å². The highest BCUT2D eigenvalue weighted by atomic mass is 19.1. The van der Waals surface area contributed by atoms with Crippen LogP contribution in [-0.4, -0.2) is 45.2 Å². The lowest BCUT2D eigenvalue weighted by molar-refractivity contribution is -0.123. The maximum Gasteiger partial charge on any atom is 0.257 e. The first-order valence-corrected chi connectivity index (χ1v) is 10.4. The van der Waals surface area contributed by atoms with Crippen molar-refractivity contribution in [3.8, 4) is 11.5 Å². The first-order valence-electron chi connectivity index (χ1n) is 10.4. The van der Waals surface area contributed by atoms with Gasteiger partial charge in [-0.25, -0.2) is 9.38 Å². The van der Waals surface area contributed by atoms with Gasteiger partial charge in [-0.3, -0.25) is 4.79 Å². The molecule has 0 aromatic heterocycles. The molecule has 2 rings (SSSR count). The van der Waals surface area contributed by atoms with Gasteiger partial charge in [0.2, 0.25) is 0 Å². The van der Waals surface area contributed by atoms with E-state index in [2.05, 4.69) is 20.9 Å². The van der Waals surface area contributed by atoms with E-state index >= 15 is 0 Å². The highest BCUT2D eigenvalue weighted by Gasteiger charge is 2.08. The van der Waals surface area contributed by atoms with E-state index in [1.54, 1.807) is 25.3 Å². The molecule has 2 aromatic carbocycles. The maximum absolute atomic E-state index is 13.0. The molecule has 0 aliphatic rings. The standard InChI is InChI=1S/C23H31FN4O3/c1-4-25-22(29)16-31-20-11-8-18(14-21(20)30-3)15-28-23(26-5-2)27-13-12-17-6-9-19(24)10-7-17/h6-11,14H,4-5,12-13,15-16H2,1-3H3,(H,25,29)(H2,26,27,28). The number of benzene rings is 2. The zero-order valence-electron chi connectivity index (χ0n) is 18.3. The van der Waals surface area contributed by atoms with Crippen molar-refractivity contribution >= 4 is 11.9 Å². The number of likely N-dealkylation sites (N-methyl/N-ethyl adjacent to an activating group) is 1. The Balaban J connectivity index is 1.94. The van der Waals surface area contributed by atoms with E-state index in [0.717, 1.165) is 24.1 Å². The smallest absolute Gasteiger partial charge is 0.257 e. The van der Waals surface area contributed by atoms with Crippen LogP contribution in [0.3, 0.4) is 0 Å². The Kier molecular flexibility index (Phi) is 10.1. The minimum Gasteiger partial charge on any atom is -0.493 e. The summed E-state index contributed by atoms with van der Waals surface area (Å²) in [5.41, 5.74) is 2.00. The molecule has 1 amide bonds. The van der Waals surface area contributed by atoms with Crippen LogP contribution in [0.2, 0.25) is 0 Å². The van der Waals surface area contributed by atoms with Crippen LogP contribution < -0.4 is 25.4 Å². The Morgan fingerprint density at radius 1 is 0.968 bits per heavy atom. The summed E-state index contributed by atoms with van der Waals surface area (Å²) in [4.78, 5) is 16.2. The van der Waals surface area contributed by atoms with Gasteiger partial charge in [0.25, 0.3) is 5.91 Å². The molecule has 0 aliphatic heterocycles. The van der Waals surface area contributed by atoms with Crippen LogP contribution in [0.5, 0.6) is 11.5 Å². The number of rotatable bonds is 11. The Bertz CT molecular complexity index is 856. The van der Waals surface area contributed by atoms with Crippen LogP contribution in [-0.2, 0) is 17.8 Å². The zero-order valence-corrected chi connectivity index (χ0v) is 18.3. The van der Waals surface area contributed by atoms with Crippen molar-refractivity contribution < 1.29 is 18.7 Å². The molecule has 2 aromatic rings. The zero-order chi connectivity index (χ0) is 22.5. The van der Waals surface area contributed by atoms with Gasteiger partial charge in [0.1, 0.15) is 5.82 Å². The van der Waals surface area contributed by atoms with Crippen LogP contribution in [0.25, 0.3) is 0 Å². The Morgan fingerprint density at radius 3 is 2.35 bits per heavy atom. The van der Waals surface area contributed by atoms with Crippen LogP contribution >= 0.6 is 0 Å². The normalized spacial score (nSPS) is 11.0. The van der Waals surface area contributed by atoms with Crippen molar-refractivity contribution in [3.05, 3.63) is 59.4 Å². The van der Waals surface area contributed by atoms with Crippen LogP contribution in [0, 0.1) is 5.82 Å². The number of guanidine groups is 1. The maximum atomic E-state index is 13.0. The second kappa shape index (κ2) is 13.1. The third-order valence-corrected chi connectivity index (χ3v) is 4.34. The minimum atomic E-state index is -0.234. The number of hydrogen-bond donors (Lipinski definition) is 3. The summed E-state index contributed by atoms with van der Waals surface area (Å²) in [6.45, 7) is 6.20. The number of nitrogens with zero attached hydrogens (tertiary/aromatic N) is 1. The predicted molar refractivity (Wildman–Crippen MR) is 120 cm³/mol. The second-order valence-corrected chi connectivity index (χ2v) is 6.73. The van der Waals surface area contributed by atoms with Crippen molar-refractivity contribution in [1.29, 1.82) is 0 Å². The quantitative estimate of drug-likeness (QED) is 0.377. The Hall–Kier alpha value is -3.29. The molecule has 0 unspecified atom stereocenters. The van der Waals surface area contributed by atoms with Gasteiger partial charge in [-0.1, -0.05) is 18.2 Å². The van der Waals surface area contributed by atoms with Crippen molar-refractivity contribution in [3.63, 3.8) is 0 Å². The summed E-state index contributed by atoms with van der Waals surface area (Å²) < 4.78 is 23.9. The van der Waals surface area contributed by atoms with E-state index in [9.17, 15) is 9.18 Å². The summed E-state index contributed by atoms with van der Waals surface area (Å²) >= 11 is 0. The molecule has 0 heterocycles. The fraction of sp³-hybridized carbons (Fsp3) is 0.391. The third-order valence-electron chi connectivity index (χ3n) is 4.34. The Morgan fingerprint density at radius 2 is 1.68 bits per heavy atom. The fourth-order valence-corrected chi connectivity index (χ4v) is 2.81. The average molecular weight is 431 g/mol. The van der Waals surface area contributed by atoms with Crippen molar-refractivity contribution in [2.75, 3.05) is 33.4 Å². The molecule has 0 fully saturated rings. The second-order valence-electron chi connectivity index (χ2n) is 6.73. The minimum absolute atomic E-state index is 0.0652. The van der Waals surface area contributed by atoms with E-state index in [0.29, 0.717) is 37.1 Å². The molecular formula is C23H31FN4O3. The van der Waals surface area contributed by atoms with E-state index in [4.69, 9.17) is 9.47 Å². The molecule has 0 spiro atoms. The molecule has 0 atom stereocenters. The number of methoxy groups -OCH3 is 1. The monoisotopic (exact) mass is 430 g/mol. The predicted octanol–water partition coefficient (Wildman–Crippen LogP) is 2.65. The first-order chi connectivity index (χ1) is 15.0. The van der Waals surface area contributed by atoms with Gasteiger partial charge in [-0.05, 0) is 55.7 Å². The summed E-state index contributed by atoms with van der Waals surface area (Å²) in [5, 5.41) is 9.18. The summed E-state index contributed by atoms with van der Waals surface area (Å²) in [6.07, 6.45) is 0.760. The van der Waals surface area contributed by atoms with Crippen LogP contribution in [0.4, 0.5) is 4.39 Å². The molecular weight excluding hydrogens is 399 g/mol. The lowest BCUT2D eigenvalue weighted by atomic mass is 10.1. The topological polar surface area (TPSA) is 84.0 Å². The number of amides is 1. The average Bonchev–Trinajstić information content (AvgIpc) is 2.77. The highest BCUT2D eigenvalue weighted by molar-refractivity contribution is 5.79. The van der Waals surface area contributed by atoms with Crippen molar-refractivity contribution in [2.24, 2.45) is 4.99 Å². The lowest BCUT2D eigenvalue weighted by Crippen LogP contribution is -2.38. The van der Waals surface area contributed by atoms with Crippen molar-refractivity contribution in [1.82, 2.24) is 16.0 Å². The number of aliphatic imine (C=N–C) groups is 1. The van der Waals surface area contributed by atoms with E-state index in [1.807, 2.05) is 26.0 Å². The first kappa shape index (κ1) is 24.0. The molecule has 7 nitrogen and oxygen atoms in total. The number of carbonyl (C=O) groups excluding carboxylic acids is 1. The van der Waals surface area contributed by atoms with Gasteiger partial charge in [-0.15, -0.1) is 0 Å². The van der Waals surface area contributed by atoms with Gasteiger partial charge >= 0.3 is 0 Å². The number of hydrogen-bond acceptors (Lipinski definition) is 4. The van der Waals surface area contributed by atoms with Gasteiger partial charge in [0.15, 0.2) is 24.1 Å². The van der Waals surface area contributed by atoms with E-state index in [1.165, 1.54) is 12.1 Å². The molecule has 0 aliphatic carbocycles. The molecule has 0 saturated carbocycles. The number of halogens is 1. The lowest BCUT2D eigenvalue weighted by Gasteiger charge is -2.13. The van der Waals surface area contributed by atoms with Gasteiger partial charge < -0.3 is 25.4 Å². The molecule has 0 bridgehead atoms. The van der Waals surface area contributed by atoms with E-state index in [-0.39, 0.29) is 18.3 Å².